The van der Waals surface area contributed by atoms with E-state index in [4.69, 9.17) is 4.74 Å². The predicted octanol–water partition coefficient (Wildman–Crippen LogP) is 3.08. The minimum atomic E-state index is 0.200. The Morgan fingerprint density at radius 1 is 1.30 bits per heavy atom. The summed E-state index contributed by atoms with van der Waals surface area (Å²) in [5.41, 5.74) is 1.29. The fraction of sp³-hybridized carbons (Fsp3) is 0.632. The Hall–Kier alpha value is -1.55. The van der Waals surface area contributed by atoms with E-state index in [2.05, 4.69) is 29.7 Å². The lowest BCUT2D eigenvalue weighted by Crippen LogP contribution is -2.30. The molecule has 1 aromatic carbocycles. The van der Waals surface area contributed by atoms with E-state index >= 15 is 0 Å². The molecule has 2 rings (SSSR count). The van der Waals surface area contributed by atoms with Crippen LogP contribution in [-0.4, -0.2) is 32.7 Å². The quantitative estimate of drug-likeness (QED) is 0.774. The summed E-state index contributed by atoms with van der Waals surface area (Å²) in [7, 11) is 1.68. The standard InChI is InChI=1S/C19H30N2O2/c1-15(17-4-6-18(23-2)7-5-17)9-14-21-19(22)8-3-16-10-12-20-13-11-16/h4-7,15-16,20H,3,8-14H2,1-2H3,(H,21,22). The SMILES string of the molecule is COc1ccc(C(C)CCNC(=O)CCC2CCNCC2)cc1. The number of hydrogen-bond donors (Lipinski definition) is 2. The van der Waals surface area contributed by atoms with Gasteiger partial charge in [0, 0.05) is 13.0 Å². The Labute approximate surface area is 140 Å². The Kier molecular flexibility index (Phi) is 7.40. The summed E-state index contributed by atoms with van der Waals surface area (Å²) in [6.45, 7) is 5.15. The molecule has 0 bridgehead atoms. The van der Waals surface area contributed by atoms with Crippen LogP contribution in [0.2, 0.25) is 0 Å². The van der Waals surface area contributed by atoms with Crippen LogP contribution in [-0.2, 0) is 4.79 Å². The molecule has 1 saturated heterocycles. The van der Waals surface area contributed by atoms with Crippen LogP contribution in [0.3, 0.4) is 0 Å². The molecule has 1 heterocycles. The second-order valence-electron chi connectivity index (χ2n) is 6.54. The number of amides is 1. The monoisotopic (exact) mass is 318 g/mol. The van der Waals surface area contributed by atoms with E-state index in [1.807, 2.05) is 12.1 Å². The van der Waals surface area contributed by atoms with Gasteiger partial charge in [0.2, 0.25) is 5.91 Å². The van der Waals surface area contributed by atoms with Crippen molar-refractivity contribution in [2.24, 2.45) is 5.92 Å². The summed E-state index contributed by atoms with van der Waals surface area (Å²) in [5, 5.41) is 6.43. The van der Waals surface area contributed by atoms with Crippen LogP contribution in [0.4, 0.5) is 0 Å². The molecule has 2 N–H and O–H groups in total. The van der Waals surface area contributed by atoms with Crippen LogP contribution in [0.1, 0.15) is 50.5 Å². The molecule has 0 radical (unpaired) electrons. The molecule has 0 aromatic heterocycles. The maximum atomic E-state index is 11.9. The molecule has 4 nitrogen and oxygen atoms in total. The first-order chi connectivity index (χ1) is 11.2. The molecule has 1 aliphatic heterocycles. The number of methoxy groups -OCH3 is 1. The van der Waals surface area contributed by atoms with Crippen molar-refractivity contribution in [3.05, 3.63) is 29.8 Å². The minimum Gasteiger partial charge on any atom is -0.497 e. The van der Waals surface area contributed by atoms with Gasteiger partial charge >= 0.3 is 0 Å². The van der Waals surface area contributed by atoms with Gasteiger partial charge in [-0.3, -0.25) is 4.79 Å². The van der Waals surface area contributed by atoms with Crippen LogP contribution >= 0.6 is 0 Å². The van der Waals surface area contributed by atoms with E-state index in [0.29, 0.717) is 12.3 Å². The Bertz CT molecular complexity index is 467. The molecule has 1 fully saturated rings. The fourth-order valence-corrected chi connectivity index (χ4v) is 3.12. The highest BCUT2D eigenvalue weighted by atomic mass is 16.5. The van der Waals surface area contributed by atoms with Gasteiger partial charge in [-0.25, -0.2) is 0 Å². The number of carbonyl (C=O) groups excluding carboxylic acids is 1. The molecule has 1 amide bonds. The van der Waals surface area contributed by atoms with E-state index in [1.165, 1.54) is 18.4 Å². The van der Waals surface area contributed by atoms with Crippen molar-refractivity contribution in [2.45, 2.75) is 44.9 Å². The lowest BCUT2D eigenvalue weighted by molar-refractivity contribution is -0.121. The van der Waals surface area contributed by atoms with Crippen molar-refractivity contribution in [3.63, 3.8) is 0 Å². The summed E-state index contributed by atoms with van der Waals surface area (Å²) >= 11 is 0. The third kappa shape index (κ3) is 6.22. The van der Waals surface area contributed by atoms with Crippen molar-refractivity contribution < 1.29 is 9.53 Å². The number of hydrogen-bond acceptors (Lipinski definition) is 3. The average molecular weight is 318 g/mol. The van der Waals surface area contributed by atoms with Crippen LogP contribution in [0, 0.1) is 5.92 Å². The highest BCUT2D eigenvalue weighted by Gasteiger charge is 2.14. The first-order valence-corrected chi connectivity index (χ1v) is 8.80. The molecule has 0 spiro atoms. The molecule has 0 aliphatic carbocycles. The summed E-state index contributed by atoms with van der Waals surface area (Å²) in [6.07, 6.45) is 5.08. The van der Waals surface area contributed by atoms with Crippen LogP contribution in [0.25, 0.3) is 0 Å². The maximum Gasteiger partial charge on any atom is 0.220 e. The number of ether oxygens (including phenoxy) is 1. The maximum absolute atomic E-state index is 11.9. The van der Waals surface area contributed by atoms with Gasteiger partial charge in [0.15, 0.2) is 0 Å². The number of carbonyl (C=O) groups is 1. The summed E-state index contributed by atoms with van der Waals surface area (Å²) < 4.78 is 5.18. The summed E-state index contributed by atoms with van der Waals surface area (Å²) in [4.78, 5) is 11.9. The van der Waals surface area contributed by atoms with Crippen molar-refractivity contribution in [1.82, 2.24) is 10.6 Å². The van der Waals surface area contributed by atoms with Crippen molar-refractivity contribution in [2.75, 3.05) is 26.7 Å². The zero-order valence-corrected chi connectivity index (χ0v) is 14.4. The lowest BCUT2D eigenvalue weighted by Gasteiger charge is -2.22. The lowest BCUT2D eigenvalue weighted by atomic mass is 9.93. The van der Waals surface area contributed by atoms with Crippen LogP contribution in [0.15, 0.2) is 24.3 Å². The Morgan fingerprint density at radius 3 is 2.65 bits per heavy atom. The van der Waals surface area contributed by atoms with Gasteiger partial charge in [0.05, 0.1) is 7.11 Å². The van der Waals surface area contributed by atoms with Gasteiger partial charge in [-0.1, -0.05) is 19.1 Å². The number of rotatable bonds is 8. The first kappa shape index (κ1) is 17.8. The second kappa shape index (κ2) is 9.56. The van der Waals surface area contributed by atoms with Crippen molar-refractivity contribution in [1.29, 1.82) is 0 Å². The van der Waals surface area contributed by atoms with Gasteiger partial charge in [-0.15, -0.1) is 0 Å². The van der Waals surface area contributed by atoms with Crippen LogP contribution < -0.4 is 15.4 Å². The van der Waals surface area contributed by atoms with E-state index in [-0.39, 0.29) is 5.91 Å². The molecule has 1 aliphatic rings. The molecule has 1 aromatic rings. The molecular formula is C19H30N2O2. The zero-order valence-electron chi connectivity index (χ0n) is 14.4. The highest BCUT2D eigenvalue weighted by Crippen LogP contribution is 2.21. The van der Waals surface area contributed by atoms with Gasteiger partial charge in [0.25, 0.3) is 0 Å². The molecule has 0 saturated carbocycles. The van der Waals surface area contributed by atoms with Gasteiger partial charge in [0.1, 0.15) is 5.75 Å². The van der Waals surface area contributed by atoms with Crippen LogP contribution in [0.5, 0.6) is 5.75 Å². The average Bonchev–Trinajstić information content (AvgIpc) is 2.61. The normalized spacial score (nSPS) is 16.8. The molecule has 23 heavy (non-hydrogen) atoms. The summed E-state index contributed by atoms with van der Waals surface area (Å²) in [6, 6.07) is 8.18. The predicted molar refractivity (Wildman–Crippen MR) is 93.9 cm³/mol. The van der Waals surface area contributed by atoms with E-state index in [0.717, 1.165) is 44.1 Å². The molecule has 128 valence electrons. The highest BCUT2D eigenvalue weighted by molar-refractivity contribution is 5.75. The number of benzene rings is 1. The van der Waals surface area contributed by atoms with Crippen molar-refractivity contribution in [3.8, 4) is 5.75 Å². The zero-order chi connectivity index (χ0) is 16.5. The third-order valence-corrected chi connectivity index (χ3v) is 4.82. The van der Waals surface area contributed by atoms with E-state index in [1.54, 1.807) is 7.11 Å². The second-order valence-corrected chi connectivity index (χ2v) is 6.54. The van der Waals surface area contributed by atoms with Crippen molar-refractivity contribution >= 4 is 5.91 Å². The third-order valence-electron chi connectivity index (χ3n) is 4.82. The Morgan fingerprint density at radius 2 is 2.00 bits per heavy atom. The molecular weight excluding hydrogens is 288 g/mol. The van der Waals surface area contributed by atoms with E-state index < -0.39 is 0 Å². The minimum absolute atomic E-state index is 0.200. The summed E-state index contributed by atoms with van der Waals surface area (Å²) in [5.74, 6) is 2.24. The Balaban J connectivity index is 1.62. The first-order valence-electron chi connectivity index (χ1n) is 8.80. The van der Waals surface area contributed by atoms with E-state index in [9.17, 15) is 4.79 Å². The fourth-order valence-electron chi connectivity index (χ4n) is 3.12. The topological polar surface area (TPSA) is 50.4 Å². The smallest absolute Gasteiger partial charge is 0.220 e. The van der Waals surface area contributed by atoms with Gasteiger partial charge in [-0.2, -0.15) is 0 Å². The molecule has 1 atom stereocenters. The number of piperidine rings is 1. The van der Waals surface area contributed by atoms with Gasteiger partial charge < -0.3 is 15.4 Å². The molecule has 1 unspecified atom stereocenters. The largest absolute Gasteiger partial charge is 0.497 e. The van der Waals surface area contributed by atoms with Gasteiger partial charge in [-0.05, 0) is 68.3 Å². The number of nitrogens with one attached hydrogen (secondary N) is 2. The molecule has 4 heteroatoms.